The molecule has 0 heterocycles. The van der Waals surface area contributed by atoms with E-state index in [1.165, 1.54) is 0 Å². The summed E-state index contributed by atoms with van der Waals surface area (Å²) in [7, 11) is 0. The third-order valence-corrected chi connectivity index (χ3v) is 2.13. The molecule has 0 saturated heterocycles. The zero-order valence-electron chi connectivity index (χ0n) is 13.9. The Hall–Kier alpha value is -1.18. The average Bonchev–Trinajstić information content (AvgIpc) is 2.27. The van der Waals surface area contributed by atoms with Crippen LogP contribution in [0.25, 0.3) is 0 Å². The number of unbranched alkanes of at least 4 members (excludes halogenated alkanes) is 1. The van der Waals surface area contributed by atoms with E-state index in [1.807, 2.05) is 27.7 Å². The quantitative estimate of drug-likeness (QED) is 0.571. The number of hydrogen-bond donors (Lipinski definition) is 1. The first-order valence-corrected chi connectivity index (χ1v) is 6.89. The van der Waals surface area contributed by atoms with E-state index in [1.54, 1.807) is 0 Å². The molecule has 0 bridgehead atoms. The topological polar surface area (TPSA) is 114 Å². The van der Waals surface area contributed by atoms with Gasteiger partial charge in [0.25, 0.3) is 5.97 Å². The van der Waals surface area contributed by atoms with Gasteiger partial charge in [0.15, 0.2) is 0 Å². The van der Waals surface area contributed by atoms with Crippen molar-refractivity contribution in [3.63, 3.8) is 0 Å². The second kappa shape index (κ2) is 13.8. The highest BCUT2D eigenvalue weighted by molar-refractivity contribution is 5.71. The summed E-state index contributed by atoms with van der Waals surface area (Å²) in [4.78, 5) is 30.0. The van der Waals surface area contributed by atoms with Crippen molar-refractivity contribution in [3.05, 3.63) is 0 Å². The van der Waals surface area contributed by atoms with Gasteiger partial charge >= 0.3 is 5.97 Å². The number of carboxylic acids is 1. The highest BCUT2D eigenvalue weighted by Gasteiger charge is 2.20. The van der Waals surface area contributed by atoms with Crippen LogP contribution in [0.3, 0.4) is 0 Å². The van der Waals surface area contributed by atoms with Gasteiger partial charge < -0.3 is 10.6 Å². The molecule has 0 amide bonds. The lowest BCUT2D eigenvalue weighted by Gasteiger charge is -2.17. The molecule has 0 rings (SSSR count). The Morgan fingerprint density at radius 2 is 1.67 bits per heavy atom. The molecule has 0 aromatic carbocycles. The molecule has 0 aromatic rings. The second-order valence-electron chi connectivity index (χ2n) is 5.43. The summed E-state index contributed by atoms with van der Waals surface area (Å²) < 4.78 is 0. The first kappa shape index (κ1) is 24.8. The van der Waals surface area contributed by atoms with Gasteiger partial charge in [-0.2, -0.15) is 4.89 Å². The first-order chi connectivity index (χ1) is 9.14. The molecular weight excluding hydrogens is 280 g/mol. The minimum Gasteiger partial charge on any atom is -0.481 e. The maximum absolute atomic E-state index is 11.5. The monoisotopic (exact) mass is 310 g/mol. The molecular formula is C14H30O7. The Kier molecular flexibility index (Phi) is 16.3. The number of rotatable bonds is 7. The lowest BCUT2D eigenvalue weighted by molar-refractivity contribution is -0.515. The van der Waals surface area contributed by atoms with Gasteiger partial charge in [-0.05, 0) is 38.7 Å². The zero-order chi connectivity index (χ0) is 16.2. The molecule has 0 aromatic heterocycles. The molecule has 0 fully saturated rings. The molecule has 128 valence electrons. The second-order valence-corrected chi connectivity index (χ2v) is 5.43. The van der Waals surface area contributed by atoms with Crippen molar-refractivity contribution in [1.29, 1.82) is 0 Å². The van der Waals surface area contributed by atoms with Crippen molar-refractivity contribution in [2.45, 2.75) is 72.8 Å². The Morgan fingerprint density at radius 3 is 2.00 bits per heavy atom. The highest BCUT2D eigenvalue weighted by atomic mass is 17.5. The van der Waals surface area contributed by atoms with E-state index in [9.17, 15) is 4.79 Å². The maximum Gasteiger partial charge on any atom is 0.348 e. The maximum atomic E-state index is 11.5. The summed E-state index contributed by atoms with van der Waals surface area (Å²) in [5, 5.41) is 11.9. The summed E-state index contributed by atoms with van der Waals surface area (Å²) >= 11 is 0. The van der Waals surface area contributed by atoms with Gasteiger partial charge in [0.05, 0.1) is 11.5 Å². The Morgan fingerprint density at radius 1 is 1.19 bits per heavy atom. The van der Waals surface area contributed by atoms with Crippen LogP contribution in [-0.2, 0) is 24.4 Å². The van der Waals surface area contributed by atoms with E-state index >= 15 is 0 Å². The van der Waals surface area contributed by atoms with Crippen LogP contribution in [-0.4, -0.2) is 28.1 Å². The van der Waals surface area contributed by atoms with E-state index in [2.05, 4.69) is 16.8 Å². The summed E-state index contributed by atoms with van der Waals surface area (Å²) in [6.45, 7) is 10.6. The Balaban J connectivity index is -0.000000572. The fourth-order valence-electron chi connectivity index (χ4n) is 1.16. The van der Waals surface area contributed by atoms with Gasteiger partial charge in [0.2, 0.25) is 0 Å². The summed E-state index contributed by atoms with van der Waals surface area (Å²) in [5.41, 5.74) is -0.481. The third kappa shape index (κ3) is 21.3. The van der Waals surface area contributed by atoms with Gasteiger partial charge in [0, 0.05) is 6.92 Å². The smallest absolute Gasteiger partial charge is 0.348 e. The molecule has 1 atom stereocenters. The fraction of sp³-hybridized carbons (Fsp3) is 0.857. The van der Waals surface area contributed by atoms with E-state index < -0.39 is 11.6 Å². The fourth-order valence-corrected chi connectivity index (χ4v) is 1.16. The number of carbonyl (C=O) groups excluding carboxylic acids is 1. The summed E-state index contributed by atoms with van der Waals surface area (Å²) in [5.74, 6) is -1.27. The SMILES string of the molecule is CC(=O)O.CCCCC(CC)C(=O)OOOC(C)(C)C.O. The van der Waals surface area contributed by atoms with E-state index in [4.69, 9.17) is 14.8 Å². The van der Waals surface area contributed by atoms with Gasteiger partial charge in [-0.1, -0.05) is 26.7 Å². The molecule has 0 aliphatic carbocycles. The van der Waals surface area contributed by atoms with Crippen LogP contribution in [0.4, 0.5) is 0 Å². The Labute approximate surface area is 126 Å². The number of carbonyl (C=O) groups is 2. The third-order valence-electron chi connectivity index (χ3n) is 2.13. The lowest BCUT2D eigenvalue weighted by Crippen LogP contribution is -2.23. The average molecular weight is 310 g/mol. The van der Waals surface area contributed by atoms with Crippen LogP contribution in [0, 0.1) is 5.92 Å². The number of aliphatic carboxylic acids is 1. The van der Waals surface area contributed by atoms with Crippen LogP contribution < -0.4 is 0 Å². The van der Waals surface area contributed by atoms with Crippen molar-refractivity contribution in [1.82, 2.24) is 0 Å². The van der Waals surface area contributed by atoms with Crippen LogP contribution in [0.5, 0.6) is 0 Å². The van der Waals surface area contributed by atoms with Crippen LogP contribution in [0.15, 0.2) is 0 Å². The van der Waals surface area contributed by atoms with Gasteiger partial charge in [0.1, 0.15) is 0 Å². The van der Waals surface area contributed by atoms with Gasteiger partial charge in [-0.15, -0.1) is 0 Å². The molecule has 0 aliphatic rings. The molecule has 7 nitrogen and oxygen atoms in total. The van der Waals surface area contributed by atoms with Gasteiger partial charge in [-0.25, -0.2) is 4.79 Å². The minimum atomic E-state index is -0.833. The van der Waals surface area contributed by atoms with Crippen molar-refractivity contribution in [3.8, 4) is 0 Å². The summed E-state index contributed by atoms with van der Waals surface area (Å²) in [6, 6.07) is 0. The minimum absolute atomic E-state index is 0. The molecule has 0 radical (unpaired) electrons. The molecule has 0 saturated carbocycles. The Bertz CT molecular complexity index is 267. The van der Waals surface area contributed by atoms with E-state index in [0.717, 1.165) is 32.6 Å². The molecule has 0 spiro atoms. The van der Waals surface area contributed by atoms with Crippen LogP contribution in [0.2, 0.25) is 0 Å². The van der Waals surface area contributed by atoms with Crippen molar-refractivity contribution < 1.29 is 35.0 Å². The number of hydrogen-bond acceptors (Lipinski definition) is 5. The van der Waals surface area contributed by atoms with Crippen molar-refractivity contribution >= 4 is 11.9 Å². The standard InChI is InChI=1S/C12H24O4.C2H4O2.H2O/c1-6-8-9-10(7-2)11(13)14-16-15-12(3,4)5;1-2(3)4;/h10H,6-9H2,1-5H3;1H3,(H,3,4);1H2. The molecule has 0 aliphatic heterocycles. The largest absolute Gasteiger partial charge is 0.481 e. The van der Waals surface area contributed by atoms with Crippen LogP contribution in [0.1, 0.15) is 67.2 Å². The molecule has 21 heavy (non-hydrogen) atoms. The lowest BCUT2D eigenvalue weighted by atomic mass is 10.00. The van der Waals surface area contributed by atoms with E-state index in [-0.39, 0.29) is 17.4 Å². The van der Waals surface area contributed by atoms with E-state index in [0.29, 0.717) is 0 Å². The number of carboxylic acid groups (broad SMARTS) is 1. The van der Waals surface area contributed by atoms with Gasteiger partial charge in [-0.3, -0.25) is 9.68 Å². The zero-order valence-corrected chi connectivity index (χ0v) is 13.9. The van der Waals surface area contributed by atoms with Crippen LogP contribution >= 0.6 is 0 Å². The predicted molar refractivity (Wildman–Crippen MR) is 78.2 cm³/mol. The summed E-state index contributed by atoms with van der Waals surface area (Å²) in [6.07, 6.45) is 3.69. The molecule has 1 unspecified atom stereocenters. The normalized spacial score (nSPS) is 11.5. The predicted octanol–water partition coefficient (Wildman–Crippen LogP) is 2.67. The highest BCUT2D eigenvalue weighted by Crippen LogP contribution is 2.15. The van der Waals surface area contributed by atoms with Crippen molar-refractivity contribution in [2.75, 3.05) is 0 Å². The molecule has 7 heteroatoms. The molecule has 3 N–H and O–H groups in total. The van der Waals surface area contributed by atoms with Crippen molar-refractivity contribution in [2.24, 2.45) is 5.92 Å². The first-order valence-electron chi connectivity index (χ1n) is 6.89.